The molecule has 264 valence electrons. The largest absolute Gasteiger partial charge is 0.663 e. The van der Waals surface area contributed by atoms with Crippen molar-refractivity contribution < 1.29 is 38.9 Å². The van der Waals surface area contributed by atoms with Gasteiger partial charge in [-0.05, 0) is 86.1 Å². The number of benzene rings is 1. The second-order valence-electron chi connectivity index (χ2n) is 14.0. The average Bonchev–Trinajstić information content (AvgIpc) is 3.95. The van der Waals surface area contributed by atoms with Gasteiger partial charge in [-0.15, -0.1) is 15.6 Å². The Hall–Kier alpha value is -3.20. The van der Waals surface area contributed by atoms with Crippen LogP contribution in [0.1, 0.15) is 86.0 Å². The van der Waals surface area contributed by atoms with Crippen LogP contribution in [0, 0.1) is 23.9 Å². The van der Waals surface area contributed by atoms with Crippen LogP contribution in [0.3, 0.4) is 0 Å². The first-order valence-corrected chi connectivity index (χ1v) is 18.0. The predicted octanol–water partition coefficient (Wildman–Crippen LogP) is 9.52. The SMILES string of the molecule is CN[N+](NC)(C1=CC=C(O[C-](C)C)CC1)c1ccc(OC2=C(C3CC3)C(C)=C(N(O)C3=CC=C(OC4=CC=CCC4)CC3)C(C)C2C)cc1.[Zn]. The standard InChI is InChI=1S/C41H54N4O4.Zn/c1-27(2)47-36-23-17-33(18-24-36)45(42-6,43-7)34-19-25-38(26-20-34)49-41-29(4)28(3)40(30(5)39(41)31-13-14-31)44(46)32-15-21-37(22-16-32)48-35-11-9-8-10-12-35;/h8-9,11,15,17,19-21,23,25-26,28-29,31,42-43,46H,10,12-14,16,18,22,24H2,1-7H3;. The number of rotatable bonds is 13. The summed E-state index contributed by atoms with van der Waals surface area (Å²) in [6, 6.07) is 8.40. The molecule has 1 fully saturated rings. The van der Waals surface area contributed by atoms with Gasteiger partial charge in [0.2, 0.25) is 0 Å². The van der Waals surface area contributed by atoms with Gasteiger partial charge in [0.05, 0.1) is 11.5 Å². The van der Waals surface area contributed by atoms with Gasteiger partial charge in [-0.3, -0.25) is 5.21 Å². The van der Waals surface area contributed by atoms with E-state index < -0.39 is 0 Å². The molecule has 0 radical (unpaired) electrons. The average molecular weight is 732 g/mol. The van der Waals surface area contributed by atoms with Crippen LogP contribution in [0.15, 0.2) is 118 Å². The van der Waals surface area contributed by atoms with E-state index in [0.717, 1.165) is 109 Å². The number of allylic oxidation sites excluding steroid dienone is 16. The van der Waals surface area contributed by atoms with Crippen molar-refractivity contribution in [3.05, 3.63) is 124 Å². The maximum Gasteiger partial charge on any atom is 0.177 e. The molecule has 0 heterocycles. The second kappa shape index (κ2) is 16.4. The number of hydrogen-bond acceptors (Lipinski definition) is 7. The van der Waals surface area contributed by atoms with Crippen molar-refractivity contribution in [2.45, 2.75) is 86.0 Å². The number of quaternary nitrogens is 1. The summed E-state index contributed by atoms with van der Waals surface area (Å²) in [7, 11) is 3.94. The molecule has 1 aromatic carbocycles. The number of nitrogens with zero attached hydrogens (tertiary/aromatic N) is 2. The van der Waals surface area contributed by atoms with Crippen molar-refractivity contribution >= 4 is 5.69 Å². The van der Waals surface area contributed by atoms with Crippen molar-refractivity contribution in [2.24, 2.45) is 17.8 Å². The van der Waals surface area contributed by atoms with Crippen molar-refractivity contribution in [3.63, 3.8) is 0 Å². The van der Waals surface area contributed by atoms with Crippen molar-refractivity contribution in [3.8, 4) is 5.75 Å². The van der Waals surface area contributed by atoms with Crippen LogP contribution in [0.2, 0.25) is 0 Å². The maximum absolute atomic E-state index is 11.7. The smallest absolute Gasteiger partial charge is 0.177 e. The second-order valence-corrected chi connectivity index (χ2v) is 14.0. The van der Waals surface area contributed by atoms with Crippen LogP contribution in [-0.2, 0) is 29.0 Å². The Morgan fingerprint density at radius 1 is 0.820 bits per heavy atom. The van der Waals surface area contributed by atoms with Gasteiger partial charge >= 0.3 is 0 Å². The summed E-state index contributed by atoms with van der Waals surface area (Å²) >= 11 is 0. The van der Waals surface area contributed by atoms with Crippen molar-refractivity contribution in [1.29, 1.82) is 0 Å². The van der Waals surface area contributed by atoms with E-state index in [2.05, 4.69) is 80.2 Å². The van der Waals surface area contributed by atoms with E-state index in [1.165, 1.54) is 16.3 Å². The predicted molar refractivity (Wildman–Crippen MR) is 195 cm³/mol. The van der Waals surface area contributed by atoms with E-state index in [0.29, 0.717) is 10.6 Å². The van der Waals surface area contributed by atoms with Crippen LogP contribution in [-0.4, -0.2) is 24.4 Å². The molecule has 5 aliphatic rings. The van der Waals surface area contributed by atoms with Gasteiger partial charge in [0.25, 0.3) is 0 Å². The first kappa shape index (κ1) is 38.0. The monoisotopic (exact) mass is 730 g/mol. The van der Waals surface area contributed by atoms with Crippen LogP contribution >= 0.6 is 0 Å². The zero-order valence-corrected chi connectivity index (χ0v) is 34.0. The molecule has 1 saturated carbocycles. The molecule has 3 N–H and O–H groups in total. The molecular weight excluding hydrogens is 678 g/mol. The van der Waals surface area contributed by atoms with Gasteiger partial charge in [0.15, 0.2) is 11.4 Å². The van der Waals surface area contributed by atoms with E-state index >= 15 is 0 Å². The summed E-state index contributed by atoms with van der Waals surface area (Å²) in [5, 5.41) is 13.2. The fraction of sp³-hybridized carbons (Fsp3) is 0.439. The fourth-order valence-corrected chi connectivity index (χ4v) is 7.53. The molecule has 0 amide bonds. The summed E-state index contributed by atoms with van der Waals surface area (Å²) in [6.07, 6.45) is 22.9. The number of hydrogen-bond donors (Lipinski definition) is 3. The minimum Gasteiger partial charge on any atom is -0.663 e. The van der Waals surface area contributed by atoms with Gasteiger partial charge in [-0.1, -0.05) is 26.0 Å². The Kier molecular flexibility index (Phi) is 12.5. The molecule has 1 aromatic rings. The van der Waals surface area contributed by atoms with E-state index in [9.17, 15) is 5.21 Å². The molecule has 50 heavy (non-hydrogen) atoms. The summed E-state index contributed by atoms with van der Waals surface area (Å²) < 4.78 is 19.2. The quantitative estimate of drug-likeness (QED) is 0.0808. The Bertz CT molecular complexity index is 1650. The third-order valence-electron chi connectivity index (χ3n) is 10.4. The van der Waals surface area contributed by atoms with Crippen LogP contribution < -0.4 is 20.3 Å². The first-order chi connectivity index (χ1) is 23.6. The van der Waals surface area contributed by atoms with E-state index in [-0.39, 0.29) is 31.3 Å². The topological polar surface area (TPSA) is 75.2 Å². The van der Waals surface area contributed by atoms with Crippen molar-refractivity contribution in [2.75, 3.05) is 14.1 Å². The van der Waals surface area contributed by atoms with Crippen LogP contribution in [0.4, 0.5) is 5.69 Å². The van der Waals surface area contributed by atoms with Crippen molar-refractivity contribution in [1.82, 2.24) is 20.6 Å². The normalized spacial score (nSPS) is 22.6. The summed E-state index contributed by atoms with van der Waals surface area (Å²) in [5.74, 6) is 5.41. The number of nitrogens with one attached hydrogen (secondary N) is 2. The fourth-order valence-electron chi connectivity index (χ4n) is 7.53. The molecule has 0 aromatic heterocycles. The van der Waals surface area contributed by atoms with Gasteiger partial charge in [0, 0.05) is 95.0 Å². The minimum atomic E-state index is 0. The molecule has 6 rings (SSSR count). The molecule has 0 aliphatic heterocycles. The molecular formula is C41H54N4O4Zn. The zero-order valence-electron chi connectivity index (χ0n) is 31.0. The molecule has 9 heteroatoms. The third-order valence-corrected chi connectivity index (χ3v) is 10.4. The van der Waals surface area contributed by atoms with Crippen LogP contribution in [0.25, 0.3) is 0 Å². The Morgan fingerprint density at radius 2 is 1.50 bits per heavy atom. The summed E-state index contributed by atoms with van der Waals surface area (Å²) in [5.41, 5.74) is 13.5. The first-order valence-electron chi connectivity index (χ1n) is 18.0. The van der Waals surface area contributed by atoms with E-state index in [1.54, 1.807) is 0 Å². The van der Waals surface area contributed by atoms with Crippen LogP contribution in [0.5, 0.6) is 5.75 Å². The van der Waals surface area contributed by atoms with Gasteiger partial charge in [0.1, 0.15) is 23.0 Å². The van der Waals surface area contributed by atoms with E-state index in [4.69, 9.17) is 14.2 Å². The summed E-state index contributed by atoms with van der Waals surface area (Å²) in [4.78, 5) is 0. The molecule has 0 bridgehead atoms. The molecule has 0 spiro atoms. The third kappa shape index (κ3) is 7.98. The summed E-state index contributed by atoms with van der Waals surface area (Å²) in [6.45, 7) is 10.6. The molecule has 5 aliphatic carbocycles. The Balaban J connectivity index is 0.00000486. The zero-order chi connectivity index (χ0) is 34.7. The maximum atomic E-state index is 11.7. The van der Waals surface area contributed by atoms with E-state index in [1.807, 2.05) is 46.2 Å². The Morgan fingerprint density at radius 3 is 2.06 bits per heavy atom. The van der Waals surface area contributed by atoms with Gasteiger partial charge in [-0.2, -0.15) is 20.0 Å². The minimum absolute atomic E-state index is 0. The molecule has 2 atom stereocenters. The van der Waals surface area contributed by atoms with Gasteiger partial charge < -0.3 is 14.2 Å². The molecule has 0 saturated heterocycles. The molecule has 2 unspecified atom stereocenters. The number of ether oxygens (including phenoxy) is 3. The van der Waals surface area contributed by atoms with Gasteiger partial charge in [-0.25, -0.2) is 5.06 Å². The molecule has 8 nitrogen and oxygen atoms in total. The number of hydroxylamine groups is 2. The Labute approximate surface area is 311 Å².